The van der Waals surface area contributed by atoms with E-state index in [-0.39, 0.29) is 11.9 Å². The lowest BCUT2D eigenvalue weighted by atomic mass is 9.84. The molecule has 0 bridgehead atoms. The molecule has 1 atom stereocenters. The van der Waals surface area contributed by atoms with Crippen molar-refractivity contribution in [3.8, 4) is 0 Å². The van der Waals surface area contributed by atoms with E-state index >= 15 is 0 Å². The fraction of sp³-hybridized carbons (Fsp3) is 0.533. The molecule has 0 aliphatic heterocycles. The van der Waals surface area contributed by atoms with Crippen LogP contribution in [0.15, 0.2) is 22.7 Å². The molecule has 5 heteroatoms. The molecule has 1 saturated carbocycles. The van der Waals surface area contributed by atoms with E-state index in [0.717, 1.165) is 16.6 Å². The molecular formula is C15H20BrClN2O. The van der Waals surface area contributed by atoms with Crippen LogP contribution in [0.1, 0.15) is 38.5 Å². The lowest BCUT2D eigenvalue weighted by molar-refractivity contribution is -0.119. The highest BCUT2D eigenvalue weighted by molar-refractivity contribution is 9.10. The van der Waals surface area contributed by atoms with Gasteiger partial charge in [0.25, 0.3) is 0 Å². The van der Waals surface area contributed by atoms with Crippen molar-refractivity contribution in [3.63, 3.8) is 0 Å². The van der Waals surface area contributed by atoms with Crippen molar-refractivity contribution in [3.05, 3.63) is 27.7 Å². The topological polar surface area (TPSA) is 55.1 Å². The highest BCUT2D eigenvalue weighted by atomic mass is 79.9. The number of nitrogens with one attached hydrogen (secondary N) is 1. The second kappa shape index (κ2) is 7.32. The van der Waals surface area contributed by atoms with Crippen molar-refractivity contribution in [1.29, 1.82) is 0 Å². The molecule has 1 amide bonds. The summed E-state index contributed by atoms with van der Waals surface area (Å²) >= 11 is 9.35. The van der Waals surface area contributed by atoms with Gasteiger partial charge in [0.2, 0.25) is 5.91 Å². The van der Waals surface area contributed by atoms with Crippen molar-refractivity contribution in [2.24, 2.45) is 11.7 Å². The molecule has 3 N–H and O–H groups in total. The van der Waals surface area contributed by atoms with Crippen LogP contribution < -0.4 is 11.1 Å². The summed E-state index contributed by atoms with van der Waals surface area (Å²) in [6.45, 7) is 0. The Morgan fingerprint density at radius 3 is 2.70 bits per heavy atom. The number of hydrogen-bond donors (Lipinski definition) is 2. The molecule has 1 aromatic rings. The second-order valence-corrected chi connectivity index (χ2v) is 6.73. The number of nitrogens with two attached hydrogens (primary N) is 1. The third-order valence-corrected chi connectivity index (χ3v) is 5.11. The van der Waals surface area contributed by atoms with E-state index in [1.54, 1.807) is 6.07 Å². The standard InChI is InChI=1S/C15H20BrClN2O/c16-12-9-11(6-7-13(12)17)19-14(15(18)20)8-10-4-2-1-3-5-10/h6-7,9-10,14,19H,1-5,8H2,(H2,18,20). The number of halogens is 2. The van der Waals surface area contributed by atoms with Gasteiger partial charge in [-0.2, -0.15) is 0 Å². The second-order valence-electron chi connectivity index (χ2n) is 5.47. The normalized spacial score (nSPS) is 17.7. The van der Waals surface area contributed by atoms with Gasteiger partial charge in [-0.3, -0.25) is 4.79 Å². The van der Waals surface area contributed by atoms with E-state index in [1.165, 1.54) is 32.1 Å². The van der Waals surface area contributed by atoms with Crippen LogP contribution in [0.4, 0.5) is 5.69 Å². The van der Waals surface area contributed by atoms with E-state index in [0.29, 0.717) is 10.9 Å². The summed E-state index contributed by atoms with van der Waals surface area (Å²) in [6.07, 6.45) is 7.07. The fourth-order valence-corrected chi connectivity index (χ4v) is 3.29. The molecule has 0 radical (unpaired) electrons. The number of hydrogen-bond acceptors (Lipinski definition) is 2. The van der Waals surface area contributed by atoms with Crippen LogP contribution in [0.25, 0.3) is 0 Å². The molecular weight excluding hydrogens is 340 g/mol. The summed E-state index contributed by atoms with van der Waals surface area (Å²) in [4.78, 5) is 11.7. The molecule has 1 aliphatic carbocycles. The maximum Gasteiger partial charge on any atom is 0.239 e. The van der Waals surface area contributed by atoms with Crippen molar-refractivity contribution in [1.82, 2.24) is 0 Å². The summed E-state index contributed by atoms with van der Waals surface area (Å²) in [6, 6.07) is 5.22. The molecule has 110 valence electrons. The molecule has 1 unspecified atom stereocenters. The highest BCUT2D eigenvalue weighted by Gasteiger charge is 2.22. The molecule has 3 nitrogen and oxygen atoms in total. The number of primary amides is 1. The van der Waals surface area contributed by atoms with Crippen LogP contribution >= 0.6 is 27.5 Å². The van der Waals surface area contributed by atoms with Crippen LogP contribution in [0.5, 0.6) is 0 Å². The van der Waals surface area contributed by atoms with Crippen molar-refractivity contribution in [2.75, 3.05) is 5.32 Å². The Balaban J connectivity index is 2.00. The zero-order valence-corrected chi connectivity index (χ0v) is 13.7. The zero-order chi connectivity index (χ0) is 14.5. The summed E-state index contributed by atoms with van der Waals surface area (Å²) in [5.41, 5.74) is 6.39. The number of amides is 1. The Kier molecular flexibility index (Phi) is 5.73. The van der Waals surface area contributed by atoms with E-state index in [1.807, 2.05) is 12.1 Å². The van der Waals surface area contributed by atoms with Crippen LogP contribution in [0.2, 0.25) is 5.02 Å². The molecule has 20 heavy (non-hydrogen) atoms. The van der Waals surface area contributed by atoms with Gasteiger partial charge in [-0.15, -0.1) is 0 Å². The van der Waals surface area contributed by atoms with Gasteiger partial charge in [0.1, 0.15) is 6.04 Å². The summed E-state index contributed by atoms with van der Waals surface area (Å²) in [5, 5.41) is 3.88. The average Bonchev–Trinajstić information content (AvgIpc) is 2.43. The van der Waals surface area contributed by atoms with Crippen molar-refractivity contribution >= 4 is 39.1 Å². The number of carbonyl (C=O) groups excluding carboxylic acids is 1. The first-order valence-corrected chi connectivity index (χ1v) is 8.24. The average molecular weight is 360 g/mol. The number of carbonyl (C=O) groups is 1. The summed E-state index contributed by atoms with van der Waals surface area (Å²) in [7, 11) is 0. The Hall–Kier alpha value is -0.740. The SMILES string of the molecule is NC(=O)C(CC1CCCCC1)Nc1ccc(Cl)c(Br)c1. The lowest BCUT2D eigenvalue weighted by Crippen LogP contribution is -2.37. The fourth-order valence-electron chi connectivity index (χ4n) is 2.79. The Bertz CT molecular complexity index is 475. The van der Waals surface area contributed by atoms with Gasteiger partial charge in [-0.05, 0) is 46.5 Å². The summed E-state index contributed by atoms with van der Waals surface area (Å²) < 4.78 is 0.810. The molecule has 0 saturated heterocycles. The van der Waals surface area contributed by atoms with E-state index in [9.17, 15) is 4.79 Å². The predicted molar refractivity (Wildman–Crippen MR) is 86.9 cm³/mol. The van der Waals surface area contributed by atoms with Gasteiger partial charge >= 0.3 is 0 Å². The van der Waals surface area contributed by atoms with Gasteiger partial charge in [0, 0.05) is 10.2 Å². The highest BCUT2D eigenvalue weighted by Crippen LogP contribution is 2.29. The van der Waals surface area contributed by atoms with Crippen LogP contribution in [0, 0.1) is 5.92 Å². The van der Waals surface area contributed by atoms with Crippen LogP contribution in [-0.4, -0.2) is 11.9 Å². The largest absolute Gasteiger partial charge is 0.374 e. The maximum atomic E-state index is 11.7. The molecule has 1 aromatic carbocycles. The quantitative estimate of drug-likeness (QED) is 0.821. The first-order valence-electron chi connectivity index (χ1n) is 7.07. The van der Waals surface area contributed by atoms with Gasteiger partial charge in [0.05, 0.1) is 5.02 Å². The van der Waals surface area contributed by atoms with Gasteiger partial charge in [0.15, 0.2) is 0 Å². The zero-order valence-electron chi connectivity index (χ0n) is 11.4. The maximum absolute atomic E-state index is 11.7. The Morgan fingerprint density at radius 2 is 2.10 bits per heavy atom. The van der Waals surface area contributed by atoms with Gasteiger partial charge in [-0.25, -0.2) is 0 Å². The van der Waals surface area contributed by atoms with Crippen molar-refractivity contribution < 1.29 is 4.79 Å². The summed E-state index contributed by atoms with van der Waals surface area (Å²) in [5.74, 6) is 0.311. The van der Waals surface area contributed by atoms with E-state index in [4.69, 9.17) is 17.3 Å². The first-order chi connectivity index (χ1) is 9.56. The van der Waals surface area contributed by atoms with Gasteiger partial charge < -0.3 is 11.1 Å². The Morgan fingerprint density at radius 1 is 1.40 bits per heavy atom. The third kappa shape index (κ3) is 4.38. The number of rotatable bonds is 5. The van der Waals surface area contributed by atoms with E-state index in [2.05, 4.69) is 21.2 Å². The lowest BCUT2D eigenvalue weighted by Gasteiger charge is -2.26. The molecule has 0 aromatic heterocycles. The Labute approximate surface area is 133 Å². The predicted octanol–water partition coefficient (Wildman–Crippen LogP) is 4.34. The smallest absolute Gasteiger partial charge is 0.239 e. The molecule has 2 rings (SSSR count). The van der Waals surface area contributed by atoms with E-state index < -0.39 is 0 Å². The monoisotopic (exact) mass is 358 g/mol. The molecule has 0 spiro atoms. The van der Waals surface area contributed by atoms with Gasteiger partial charge in [-0.1, -0.05) is 43.7 Å². The third-order valence-electron chi connectivity index (χ3n) is 3.90. The number of anilines is 1. The minimum atomic E-state index is -0.314. The van der Waals surface area contributed by atoms with Crippen LogP contribution in [-0.2, 0) is 4.79 Å². The minimum absolute atomic E-state index is 0.290. The molecule has 0 heterocycles. The minimum Gasteiger partial charge on any atom is -0.374 e. The van der Waals surface area contributed by atoms with Crippen molar-refractivity contribution in [2.45, 2.75) is 44.6 Å². The molecule has 1 fully saturated rings. The first kappa shape index (κ1) is 15.6. The number of benzene rings is 1. The van der Waals surface area contributed by atoms with Crippen LogP contribution in [0.3, 0.4) is 0 Å². The molecule has 1 aliphatic rings.